The molecule has 1 N–H and O–H groups in total. The van der Waals surface area contributed by atoms with Crippen LogP contribution in [-0.2, 0) is 6.54 Å². The summed E-state index contributed by atoms with van der Waals surface area (Å²) in [6, 6.07) is 5.29. The van der Waals surface area contributed by atoms with E-state index in [2.05, 4.69) is 4.90 Å². The molecule has 0 saturated heterocycles. The molecule has 20 heavy (non-hydrogen) atoms. The average Bonchev–Trinajstić information content (AvgIpc) is 2.36. The van der Waals surface area contributed by atoms with E-state index in [1.54, 1.807) is 6.07 Å². The molecule has 1 saturated carbocycles. The number of hydrogen-bond acceptors (Lipinski definition) is 5. The molecule has 1 fully saturated rings. The third-order valence-electron chi connectivity index (χ3n) is 3.76. The number of aliphatic hydroxyl groups excluding tert-OH is 1. The molecule has 1 aromatic carbocycles. The lowest BCUT2D eigenvalue weighted by atomic mass is 9.91. The minimum absolute atomic E-state index is 0.0388. The van der Waals surface area contributed by atoms with Gasteiger partial charge in [0.25, 0.3) is 5.69 Å². The first kappa shape index (κ1) is 14.7. The van der Waals surface area contributed by atoms with Crippen molar-refractivity contribution in [2.24, 2.45) is 0 Å². The number of hydrogen-bond donors (Lipinski definition) is 1. The third kappa shape index (κ3) is 3.46. The van der Waals surface area contributed by atoms with Gasteiger partial charge in [0, 0.05) is 25.2 Å². The summed E-state index contributed by atoms with van der Waals surface area (Å²) in [5.41, 5.74) is 0.883. The van der Waals surface area contributed by atoms with Crippen LogP contribution in [0, 0.1) is 10.1 Å². The maximum atomic E-state index is 10.9. The number of rotatable bonds is 7. The van der Waals surface area contributed by atoms with Crippen LogP contribution in [0.15, 0.2) is 18.2 Å². The zero-order chi connectivity index (χ0) is 14.5. The van der Waals surface area contributed by atoms with Crippen LogP contribution in [-0.4, -0.2) is 41.2 Å². The number of methoxy groups -OCH3 is 1. The lowest BCUT2D eigenvalue weighted by molar-refractivity contribution is -0.385. The van der Waals surface area contributed by atoms with Gasteiger partial charge in [0.2, 0.25) is 0 Å². The van der Waals surface area contributed by atoms with Gasteiger partial charge in [-0.2, -0.15) is 0 Å². The summed E-state index contributed by atoms with van der Waals surface area (Å²) in [6.07, 6.45) is 3.48. The highest BCUT2D eigenvalue weighted by atomic mass is 16.6. The zero-order valence-corrected chi connectivity index (χ0v) is 11.6. The summed E-state index contributed by atoms with van der Waals surface area (Å²) in [6.45, 7) is 1.29. The van der Waals surface area contributed by atoms with Crippen molar-refractivity contribution in [1.29, 1.82) is 0 Å². The largest absolute Gasteiger partial charge is 0.496 e. The first-order chi connectivity index (χ1) is 9.63. The molecule has 0 bridgehead atoms. The highest BCUT2D eigenvalue weighted by molar-refractivity contribution is 5.42. The van der Waals surface area contributed by atoms with E-state index in [9.17, 15) is 10.1 Å². The van der Waals surface area contributed by atoms with Crippen LogP contribution in [0.25, 0.3) is 0 Å². The second kappa shape index (κ2) is 6.67. The van der Waals surface area contributed by atoms with Crippen LogP contribution >= 0.6 is 0 Å². The molecule has 110 valence electrons. The van der Waals surface area contributed by atoms with Gasteiger partial charge in [-0.05, 0) is 24.5 Å². The van der Waals surface area contributed by atoms with E-state index in [-0.39, 0.29) is 12.3 Å². The van der Waals surface area contributed by atoms with Gasteiger partial charge in [-0.3, -0.25) is 15.0 Å². The number of non-ortho nitro benzene ring substituents is 1. The Labute approximate surface area is 118 Å². The third-order valence-corrected chi connectivity index (χ3v) is 3.76. The molecule has 1 aromatic rings. The van der Waals surface area contributed by atoms with Gasteiger partial charge in [-0.1, -0.05) is 6.42 Å². The molecule has 0 radical (unpaired) electrons. The Morgan fingerprint density at radius 1 is 1.45 bits per heavy atom. The quantitative estimate of drug-likeness (QED) is 0.610. The zero-order valence-electron chi connectivity index (χ0n) is 11.6. The normalized spacial score (nSPS) is 15.2. The molecule has 6 nitrogen and oxygen atoms in total. The topological polar surface area (TPSA) is 75.8 Å². The lowest BCUT2D eigenvalue weighted by Gasteiger charge is -2.37. The van der Waals surface area contributed by atoms with Crippen molar-refractivity contribution in [3.05, 3.63) is 33.9 Å². The number of nitro groups is 1. The highest BCUT2D eigenvalue weighted by Crippen LogP contribution is 2.28. The van der Waals surface area contributed by atoms with Gasteiger partial charge in [0.05, 0.1) is 24.7 Å². The number of nitrogens with zero attached hydrogens (tertiary/aromatic N) is 2. The minimum atomic E-state index is -0.411. The number of ether oxygens (including phenoxy) is 1. The molecule has 2 rings (SSSR count). The predicted molar refractivity (Wildman–Crippen MR) is 74.8 cm³/mol. The van der Waals surface area contributed by atoms with Crippen LogP contribution in [0.3, 0.4) is 0 Å². The van der Waals surface area contributed by atoms with Gasteiger partial charge in [-0.25, -0.2) is 0 Å². The van der Waals surface area contributed by atoms with Crippen molar-refractivity contribution in [2.45, 2.75) is 31.8 Å². The van der Waals surface area contributed by atoms with E-state index in [0.29, 0.717) is 24.9 Å². The minimum Gasteiger partial charge on any atom is -0.496 e. The lowest BCUT2D eigenvalue weighted by Crippen LogP contribution is -2.41. The molecular formula is C14H20N2O4. The number of benzene rings is 1. The van der Waals surface area contributed by atoms with Gasteiger partial charge >= 0.3 is 0 Å². The molecule has 0 heterocycles. The number of nitro benzene ring substituents is 1. The Hall–Kier alpha value is -1.66. The van der Waals surface area contributed by atoms with Crippen LogP contribution in [0.4, 0.5) is 5.69 Å². The second-order valence-electron chi connectivity index (χ2n) is 5.08. The Bertz CT molecular complexity index is 474. The molecule has 0 aromatic heterocycles. The summed E-state index contributed by atoms with van der Waals surface area (Å²) >= 11 is 0. The SMILES string of the molecule is COc1cc(CN(CCO)C2CCC2)cc([N+](=O)[O-])c1. The molecule has 0 aliphatic heterocycles. The fourth-order valence-corrected chi connectivity index (χ4v) is 2.46. The van der Waals surface area contributed by atoms with Crippen LogP contribution in [0.5, 0.6) is 5.75 Å². The van der Waals surface area contributed by atoms with Crippen molar-refractivity contribution >= 4 is 5.69 Å². The Kier molecular flexibility index (Phi) is 4.92. The van der Waals surface area contributed by atoms with E-state index in [0.717, 1.165) is 18.4 Å². The highest BCUT2D eigenvalue weighted by Gasteiger charge is 2.25. The predicted octanol–water partition coefficient (Wildman–Crippen LogP) is 1.95. The number of aliphatic hydroxyl groups is 1. The van der Waals surface area contributed by atoms with Gasteiger partial charge < -0.3 is 9.84 Å². The molecule has 0 unspecified atom stereocenters. The Morgan fingerprint density at radius 2 is 2.20 bits per heavy atom. The summed E-state index contributed by atoms with van der Waals surface area (Å²) in [5, 5.41) is 20.1. The summed E-state index contributed by atoms with van der Waals surface area (Å²) in [4.78, 5) is 12.7. The molecular weight excluding hydrogens is 260 g/mol. The molecule has 0 atom stereocenters. The van der Waals surface area contributed by atoms with Crippen LogP contribution in [0.2, 0.25) is 0 Å². The van der Waals surface area contributed by atoms with Crippen molar-refractivity contribution in [3.8, 4) is 5.75 Å². The summed E-state index contributed by atoms with van der Waals surface area (Å²) in [5.74, 6) is 0.492. The van der Waals surface area contributed by atoms with Gasteiger partial charge in [-0.15, -0.1) is 0 Å². The Morgan fingerprint density at radius 3 is 2.70 bits per heavy atom. The standard InChI is InChI=1S/C14H20N2O4/c1-20-14-8-11(7-13(9-14)16(18)19)10-15(5-6-17)12-3-2-4-12/h7-9,12,17H,2-6,10H2,1H3. The van der Waals surface area contributed by atoms with E-state index in [1.807, 2.05) is 6.07 Å². The second-order valence-corrected chi connectivity index (χ2v) is 5.08. The van der Waals surface area contributed by atoms with Crippen molar-refractivity contribution in [3.63, 3.8) is 0 Å². The summed E-state index contributed by atoms with van der Waals surface area (Å²) in [7, 11) is 1.50. The monoisotopic (exact) mass is 280 g/mol. The smallest absolute Gasteiger partial charge is 0.273 e. The Balaban J connectivity index is 2.17. The first-order valence-corrected chi connectivity index (χ1v) is 6.81. The van der Waals surface area contributed by atoms with Gasteiger partial charge in [0.15, 0.2) is 0 Å². The molecule has 0 spiro atoms. The first-order valence-electron chi connectivity index (χ1n) is 6.81. The van der Waals surface area contributed by atoms with Crippen LogP contribution in [0.1, 0.15) is 24.8 Å². The van der Waals surface area contributed by atoms with Crippen LogP contribution < -0.4 is 4.74 Å². The average molecular weight is 280 g/mol. The van der Waals surface area contributed by atoms with Crippen molar-refractivity contribution in [2.75, 3.05) is 20.3 Å². The van der Waals surface area contributed by atoms with Crippen molar-refractivity contribution in [1.82, 2.24) is 4.90 Å². The van der Waals surface area contributed by atoms with Crippen molar-refractivity contribution < 1.29 is 14.8 Å². The van der Waals surface area contributed by atoms with E-state index in [4.69, 9.17) is 9.84 Å². The maximum Gasteiger partial charge on any atom is 0.273 e. The molecule has 1 aliphatic rings. The molecule has 1 aliphatic carbocycles. The van der Waals surface area contributed by atoms with E-state index >= 15 is 0 Å². The fraction of sp³-hybridized carbons (Fsp3) is 0.571. The summed E-state index contributed by atoms with van der Waals surface area (Å²) < 4.78 is 5.12. The maximum absolute atomic E-state index is 10.9. The fourth-order valence-electron chi connectivity index (χ4n) is 2.46. The molecule has 0 amide bonds. The molecule has 6 heteroatoms. The van der Waals surface area contributed by atoms with E-state index in [1.165, 1.54) is 19.6 Å². The van der Waals surface area contributed by atoms with Gasteiger partial charge in [0.1, 0.15) is 5.75 Å². The van der Waals surface area contributed by atoms with E-state index < -0.39 is 4.92 Å².